The molecule has 0 aromatic carbocycles. The van der Waals surface area contributed by atoms with Crippen molar-refractivity contribution in [2.75, 3.05) is 13.1 Å². The van der Waals surface area contributed by atoms with Gasteiger partial charge in [-0.15, -0.1) is 0 Å². The minimum atomic E-state index is -5.69. The summed E-state index contributed by atoms with van der Waals surface area (Å²) in [4.78, 5) is 71.5. The average Bonchev–Trinajstić information content (AvgIpc) is 2.31. The van der Waals surface area contributed by atoms with Gasteiger partial charge >= 0.3 is 30.4 Å². The Hall–Kier alpha value is 0.520. The lowest BCUT2D eigenvalue weighted by Crippen LogP contribution is -2.42. The molecule has 18 heteroatoms. The molecule has 154 valence electrons. The highest BCUT2D eigenvalue weighted by atomic mass is 31.2. The minimum Gasteiger partial charge on any atom is -0.330 e. The summed E-state index contributed by atoms with van der Waals surface area (Å²) < 4.78 is 44.8. The molecule has 0 aliphatic rings. The van der Waals surface area contributed by atoms with Gasteiger partial charge in [-0.1, -0.05) is 13.8 Å². The van der Waals surface area contributed by atoms with Crippen LogP contribution in [0, 0.1) is 0 Å². The van der Waals surface area contributed by atoms with E-state index < -0.39 is 48.0 Å². The van der Waals surface area contributed by atoms with Crippen molar-refractivity contribution in [1.29, 1.82) is 0 Å². The molecule has 0 saturated heterocycles. The zero-order valence-corrected chi connectivity index (χ0v) is 16.9. The molecular weight excluding hydrogens is 428 g/mol. The van der Waals surface area contributed by atoms with Crippen molar-refractivity contribution < 1.29 is 57.4 Å². The summed E-state index contributed by atoms with van der Waals surface area (Å²) in [6.07, 6.45) is 1.10. The van der Waals surface area contributed by atoms with Gasteiger partial charge in [-0.25, -0.2) is 0 Å². The maximum Gasteiger partial charge on any atom is 0.355 e. The maximum absolute atomic E-state index is 11.2. The molecule has 0 aromatic rings. The van der Waals surface area contributed by atoms with E-state index in [1.54, 1.807) is 0 Å². The van der Waals surface area contributed by atoms with Crippen LogP contribution in [0.25, 0.3) is 0 Å². The van der Waals surface area contributed by atoms with Crippen molar-refractivity contribution in [2.24, 2.45) is 5.73 Å². The van der Waals surface area contributed by atoms with Crippen LogP contribution in [-0.4, -0.2) is 68.2 Å². The third kappa shape index (κ3) is 9.86. The summed E-state index contributed by atoms with van der Waals surface area (Å²) in [5, 5.41) is 0. The smallest absolute Gasteiger partial charge is 0.330 e. The van der Waals surface area contributed by atoms with Crippen LogP contribution in [0.1, 0.15) is 20.3 Å². The molecule has 0 atom stereocenters. The van der Waals surface area contributed by atoms with Gasteiger partial charge in [-0.05, 0) is 19.5 Å². The van der Waals surface area contributed by atoms with Gasteiger partial charge in [0, 0.05) is 0 Å². The molecular formula is C7H24N2O12P4. The van der Waals surface area contributed by atoms with Crippen LogP contribution in [-0.2, 0) is 18.3 Å². The van der Waals surface area contributed by atoms with Gasteiger partial charge in [0.15, 0.2) is 0 Å². The van der Waals surface area contributed by atoms with Crippen LogP contribution in [0.3, 0.4) is 0 Å². The third-order valence-corrected chi connectivity index (χ3v) is 9.65. The lowest BCUT2D eigenvalue weighted by atomic mass is 10.5. The fourth-order valence-electron chi connectivity index (χ4n) is 1.61. The van der Waals surface area contributed by atoms with E-state index in [2.05, 4.69) is 6.92 Å². The predicted octanol–water partition coefficient (Wildman–Crippen LogP) is -1.06. The molecule has 25 heavy (non-hydrogen) atoms. The Kier molecular flexibility index (Phi) is 11.3. The van der Waals surface area contributed by atoms with Crippen molar-refractivity contribution in [2.45, 2.75) is 31.3 Å². The first kappa shape index (κ1) is 27.7. The Balaban J connectivity index is 0. The highest BCUT2D eigenvalue weighted by molar-refractivity contribution is 7.72. The molecule has 0 aromatic heterocycles. The van der Waals surface area contributed by atoms with E-state index in [0.29, 0.717) is 0 Å². The van der Waals surface area contributed by atoms with Crippen molar-refractivity contribution in [3.05, 3.63) is 0 Å². The molecule has 10 N–H and O–H groups in total. The molecule has 0 bridgehead atoms. The molecule has 0 unspecified atom stereocenters. The fourth-order valence-corrected chi connectivity index (χ4v) is 7.90. The normalized spacial score (nSPS) is 14.0. The summed E-state index contributed by atoms with van der Waals surface area (Å²) in [7, 11) is -22.7. The first-order chi connectivity index (χ1) is 10.9. The van der Waals surface area contributed by atoms with Crippen LogP contribution in [0.15, 0.2) is 0 Å². The summed E-state index contributed by atoms with van der Waals surface area (Å²) in [5.41, 5.74) is -1.17. The van der Waals surface area contributed by atoms with Gasteiger partial charge in [-0.3, -0.25) is 23.2 Å². The Labute approximate surface area is 143 Å². The van der Waals surface area contributed by atoms with Gasteiger partial charge in [0.25, 0.3) is 0 Å². The molecule has 0 saturated carbocycles. The topological polar surface area (TPSA) is 259 Å². The number of nitrogens with two attached hydrogens (primary N) is 1. The Morgan fingerprint density at radius 3 is 1.00 bits per heavy atom. The largest absolute Gasteiger partial charge is 0.355 e. The maximum atomic E-state index is 11.2. The van der Waals surface area contributed by atoms with Gasteiger partial charge < -0.3 is 44.9 Å². The van der Waals surface area contributed by atoms with Crippen LogP contribution in [0.5, 0.6) is 0 Å². The molecule has 0 fully saturated rings. The van der Waals surface area contributed by atoms with E-state index in [-0.39, 0.29) is 4.90 Å². The summed E-state index contributed by atoms with van der Waals surface area (Å²) in [6, 6.07) is 0. The van der Waals surface area contributed by atoms with Crippen molar-refractivity contribution in [1.82, 2.24) is 4.90 Å². The second kappa shape index (κ2) is 10.2. The summed E-state index contributed by atoms with van der Waals surface area (Å²) in [5.74, 6) is 0. The zero-order chi connectivity index (χ0) is 20.9. The molecule has 14 nitrogen and oxygen atoms in total. The van der Waals surface area contributed by atoms with E-state index in [1.807, 2.05) is 0 Å². The summed E-state index contributed by atoms with van der Waals surface area (Å²) >= 11 is 0. The van der Waals surface area contributed by atoms with Crippen molar-refractivity contribution in [3.63, 3.8) is 0 Å². The second-order valence-electron chi connectivity index (χ2n) is 4.67. The molecule has 0 aliphatic carbocycles. The Morgan fingerprint density at radius 1 is 0.720 bits per heavy atom. The predicted molar refractivity (Wildman–Crippen MR) is 87.5 cm³/mol. The quantitative estimate of drug-likeness (QED) is 0.199. The first-order valence-corrected chi connectivity index (χ1v) is 13.2. The number of hydrogen-bond acceptors (Lipinski definition) is 6. The van der Waals surface area contributed by atoms with Crippen LogP contribution in [0.2, 0.25) is 0 Å². The first-order valence-electron chi connectivity index (χ1n) is 6.52. The van der Waals surface area contributed by atoms with E-state index >= 15 is 0 Å². The number of nitrogens with zero attached hydrogens (tertiary/aromatic N) is 1. The van der Waals surface area contributed by atoms with E-state index in [4.69, 9.17) is 44.9 Å². The standard InChI is InChI=1S/C4H15NO12P4.C3H9N/c1-2-5(3(18(6,7)8)19(9,10)11)4(20(12,13)14)21(15,16)17;1-2-3-4/h3-4H,2H2,1H3,(H2,6,7,8)(H2,9,10,11)(H2,12,13,14)(H2,15,16,17);2-4H2,1H3. The monoisotopic (exact) mass is 452 g/mol. The molecule has 0 aliphatic heterocycles. The lowest BCUT2D eigenvalue weighted by Gasteiger charge is -2.36. The van der Waals surface area contributed by atoms with Gasteiger partial charge in [-0.2, -0.15) is 0 Å². The van der Waals surface area contributed by atoms with Crippen LogP contribution in [0.4, 0.5) is 0 Å². The van der Waals surface area contributed by atoms with E-state index in [0.717, 1.165) is 19.9 Å². The SMILES string of the molecule is CCCN.CCN(C(P(=O)(O)O)P(=O)(O)O)C(P(=O)(O)O)P(=O)(O)O. The second-order valence-corrected chi connectivity index (χ2v) is 12.2. The molecule has 0 heterocycles. The molecule has 0 spiro atoms. The highest BCUT2D eigenvalue weighted by Gasteiger charge is 2.57. The van der Waals surface area contributed by atoms with Crippen molar-refractivity contribution in [3.8, 4) is 0 Å². The molecule has 0 amide bonds. The highest BCUT2D eigenvalue weighted by Crippen LogP contribution is 2.68. The number of rotatable bonds is 8. The van der Waals surface area contributed by atoms with Gasteiger partial charge in [0.1, 0.15) is 0 Å². The molecule has 0 radical (unpaired) electrons. The minimum absolute atomic E-state index is 0.261. The van der Waals surface area contributed by atoms with E-state index in [9.17, 15) is 18.3 Å². The molecule has 0 rings (SSSR count). The van der Waals surface area contributed by atoms with Gasteiger partial charge in [0.2, 0.25) is 11.0 Å². The summed E-state index contributed by atoms with van der Waals surface area (Å²) in [6.45, 7) is 2.97. The van der Waals surface area contributed by atoms with Crippen LogP contribution < -0.4 is 5.73 Å². The zero-order valence-electron chi connectivity index (χ0n) is 13.3. The average molecular weight is 452 g/mol. The fraction of sp³-hybridized carbons (Fsp3) is 1.00. The Morgan fingerprint density at radius 2 is 0.920 bits per heavy atom. The third-order valence-electron chi connectivity index (χ3n) is 2.45. The Bertz CT molecular complexity index is 494. The van der Waals surface area contributed by atoms with Gasteiger partial charge in [0.05, 0.1) is 0 Å². The van der Waals surface area contributed by atoms with E-state index in [1.165, 1.54) is 0 Å². The van der Waals surface area contributed by atoms with Crippen LogP contribution >= 0.6 is 30.4 Å². The van der Waals surface area contributed by atoms with Crippen molar-refractivity contribution >= 4 is 30.4 Å². The number of hydrogen-bond donors (Lipinski definition) is 9. The lowest BCUT2D eigenvalue weighted by molar-refractivity contribution is 0.207.